The molecule has 0 amide bonds. The highest BCUT2D eigenvalue weighted by Gasteiger charge is 2.11. The molecule has 0 unspecified atom stereocenters. The lowest BCUT2D eigenvalue weighted by Gasteiger charge is -2.09. The van der Waals surface area contributed by atoms with Gasteiger partial charge in [-0.25, -0.2) is 4.98 Å². The van der Waals surface area contributed by atoms with Gasteiger partial charge in [0.2, 0.25) is 5.28 Å². The summed E-state index contributed by atoms with van der Waals surface area (Å²) in [6.07, 6.45) is 0. The van der Waals surface area contributed by atoms with Crippen molar-refractivity contribution in [2.24, 2.45) is 0 Å². The molecular weight excluding hydrogens is 200 g/mol. The van der Waals surface area contributed by atoms with Crippen LogP contribution in [0.2, 0.25) is 5.28 Å². The Morgan fingerprint density at radius 3 is 2.79 bits per heavy atom. The molecule has 4 heteroatoms. The van der Waals surface area contributed by atoms with Crippen molar-refractivity contribution in [2.45, 2.75) is 19.9 Å². The number of halogens is 1. The monoisotopic (exact) mass is 210 g/mol. The zero-order chi connectivity index (χ0) is 10.3. The SMILES string of the molecule is CC(C)n1c(Cl)nc2ccc(O)cc21. The van der Waals surface area contributed by atoms with Crippen LogP contribution in [0.15, 0.2) is 18.2 Å². The van der Waals surface area contributed by atoms with E-state index in [0.29, 0.717) is 5.28 Å². The van der Waals surface area contributed by atoms with E-state index in [1.807, 2.05) is 18.4 Å². The number of nitrogens with zero attached hydrogens (tertiary/aromatic N) is 2. The third kappa shape index (κ3) is 1.34. The molecule has 0 aliphatic heterocycles. The molecule has 2 rings (SSSR count). The van der Waals surface area contributed by atoms with E-state index in [0.717, 1.165) is 11.0 Å². The molecule has 3 nitrogen and oxygen atoms in total. The lowest BCUT2D eigenvalue weighted by atomic mass is 10.3. The standard InChI is InChI=1S/C10H11ClN2O/c1-6(2)13-9-5-7(14)3-4-8(9)12-10(13)11/h3-6,14H,1-2H3. The Bertz CT molecular complexity index is 476. The molecule has 2 aromatic rings. The molecule has 0 fully saturated rings. The molecular formula is C10H11ClN2O. The number of hydrogen-bond donors (Lipinski definition) is 1. The van der Waals surface area contributed by atoms with Crippen LogP contribution < -0.4 is 0 Å². The van der Waals surface area contributed by atoms with Crippen LogP contribution in [0.3, 0.4) is 0 Å². The smallest absolute Gasteiger partial charge is 0.204 e. The first kappa shape index (κ1) is 9.34. The van der Waals surface area contributed by atoms with Gasteiger partial charge in [0.05, 0.1) is 11.0 Å². The topological polar surface area (TPSA) is 38.0 Å². The van der Waals surface area contributed by atoms with Gasteiger partial charge >= 0.3 is 0 Å². The zero-order valence-corrected chi connectivity index (χ0v) is 8.78. The van der Waals surface area contributed by atoms with Gasteiger partial charge < -0.3 is 9.67 Å². The molecule has 1 aromatic carbocycles. The van der Waals surface area contributed by atoms with Crippen LogP contribution in [0.4, 0.5) is 0 Å². The molecule has 0 saturated carbocycles. The molecule has 0 spiro atoms. The van der Waals surface area contributed by atoms with Crippen molar-refractivity contribution in [3.8, 4) is 5.75 Å². The van der Waals surface area contributed by atoms with E-state index >= 15 is 0 Å². The van der Waals surface area contributed by atoms with Crippen LogP contribution in [-0.2, 0) is 0 Å². The molecule has 0 atom stereocenters. The fraction of sp³-hybridized carbons (Fsp3) is 0.300. The number of imidazole rings is 1. The summed E-state index contributed by atoms with van der Waals surface area (Å²) < 4.78 is 1.89. The fourth-order valence-electron chi connectivity index (χ4n) is 1.54. The van der Waals surface area contributed by atoms with E-state index in [4.69, 9.17) is 11.6 Å². The normalized spacial score (nSPS) is 11.4. The Labute approximate surface area is 86.9 Å². The first-order valence-electron chi connectivity index (χ1n) is 4.46. The molecule has 0 aliphatic carbocycles. The summed E-state index contributed by atoms with van der Waals surface area (Å²) in [4.78, 5) is 4.19. The first-order chi connectivity index (χ1) is 6.59. The maximum Gasteiger partial charge on any atom is 0.204 e. The average molecular weight is 211 g/mol. The Hall–Kier alpha value is -1.22. The Morgan fingerprint density at radius 2 is 2.14 bits per heavy atom. The number of aromatic nitrogens is 2. The predicted octanol–water partition coefficient (Wildman–Crippen LogP) is 2.98. The first-order valence-corrected chi connectivity index (χ1v) is 4.84. The molecule has 0 radical (unpaired) electrons. The second-order valence-corrected chi connectivity index (χ2v) is 3.86. The summed E-state index contributed by atoms with van der Waals surface area (Å²) >= 11 is 5.99. The number of phenols is 1. The second-order valence-electron chi connectivity index (χ2n) is 3.52. The summed E-state index contributed by atoms with van der Waals surface area (Å²) in [6, 6.07) is 5.27. The van der Waals surface area contributed by atoms with Crippen molar-refractivity contribution in [3.05, 3.63) is 23.5 Å². The molecule has 14 heavy (non-hydrogen) atoms. The third-order valence-corrected chi connectivity index (χ3v) is 2.41. The van der Waals surface area contributed by atoms with E-state index in [2.05, 4.69) is 4.98 Å². The van der Waals surface area contributed by atoms with Crippen molar-refractivity contribution in [3.63, 3.8) is 0 Å². The van der Waals surface area contributed by atoms with Crippen molar-refractivity contribution in [1.82, 2.24) is 9.55 Å². The molecule has 1 N–H and O–H groups in total. The van der Waals surface area contributed by atoms with Crippen LogP contribution >= 0.6 is 11.6 Å². The minimum Gasteiger partial charge on any atom is -0.508 e. The van der Waals surface area contributed by atoms with Crippen molar-refractivity contribution in [1.29, 1.82) is 0 Å². The lowest BCUT2D eigenvalue weighted by Crippen LogP contribution is -1.99. The summed E-state index contributed by atoms with van der Waals surface area (Å²) in [5.41, 5.74) is 1.67. The van der Waals surface area contributed by atoms with Gasteiger partial charge in [-0.15, -0.1) is 0 Å². The number of fused-ring (bicyclic) bond motifs is 1. The summed E-state index contributed by atoms with van der Waals surface area (Å²) in [5.74, 6) is 0.232. The summed E-state index contributed by atoms with van der Waals surface area (Å²) in [6.45, 7) is 4.05. The Kier molecular flexibility index (Phi) is 2.11. The van der Waals surface area contributed by atoms with Gasteiger partial charge in [0.15, 0.2) is 0 Å². The van der Waals surface area contributed by atoms with Crippen LogP contribution in [0.5, 0.6) is 5.75 Å². The van der Waals surface area contributed by atoms with Crippen LogP contribution in [0.25, 0.3) is 11.0 Å². The average Bonchev–Trinajstić information content (AvgIpc) is 2.40. The molecule has 0 bridgehead atoms. The van der Waals surface area contributed by atoms with Crippen LogP contribution in [0.1, 0.15) is 19.9 Å². The van der Waals surface area contributed by atoms with Gasteiger partial charge in [-0.1, -0.05) is 0 Å². The Balaban J connectivity index is 2.79. The quantitative estimate of drug-likeness (QED) is 0.786. The highest BCUT2D eigenvalue weighted by molar-refractivity contribution is 6.29. The molecule has 1 aromatic heterocycles. The van der Waals surface area contributed by atoms with E-state index in [9.17, 15) is 5.11 Å². The molecule has 1 heterocycles. The van der Waals surface area contributed by atoms with E-state index in [1.165, 1.54) is 0 Å². The van der Waals surface area contributed by atoms with Gasteiger partial charge in [0, 0.05) is 12.1 Å². The van der Waals surface area contributed by atoms with Crippen molar-refractivity contribution >= 4 is 22.6 Å². The zero-order valence-electron chi connectivity index (χ0n) is 8.03. The van der Waals surface area contributed by atoms with Gasteiger partial charge in [-0.2, -0.15) is 0 Å². The van der Waals surface area contributed by atoms with E-state index < -0.39 is 0 Å². The molecule has 0 saturated heterocycles. The minimum atomic E-state index is 0.231. The maximum atomic E-state index is 9.36. The fourth-order valence-corrected chi connectivity index (χ4v) is 1.92. The Morgan fingerprint density at radius 1 is 1.43 bits per heavy atom. The van der Waals surface area contributed by atoms with Gasteiger partial charge in [-0.05, 0) is 37.6 Å². The van der Waals surface area contributed by atoms with Gasteiger partial charge in [0.1, 0.15) is 5.75 Å². The number of aromatic hydroxyl groups is 1. The van der Waals surface area contributed by atoms with Crippen LogP contribution in [0, 0.1) is 0 Å². The highest BCUT2D eigenvalue weighted by Crippen LogP contribution is 2.26. The predicted molar refractivity (Wildman–Crippen MR) is 56.8 cm³/mol. The highest BCUT2D eigenvalue weighted by atomic mass is 35.5. The van der Waals surface area contributed by atoms with E-state index in [-0.39, 0.29) is 11.8 Å². The van der Waals surface area contributed by atoms with Gasteiger partial charge in [0.25, 0.3) is 0 Å². The number of rotatable bonds is 1. The largest absolute Gasteiger partial charge is 0.508 e. The lowest BCUT2D eigenvalue weighted by molar-refractivity contribution is 0.475. The number of phenolic OH excluding ortho intramolecular Hbond substituents is 1. The summed E-state index contributed by atoms with van der Waals surface area (Å²) in [5, 5.41) is 9.82. The minimum absolute atomic E-state index is 0.231. The number of benzene rings is 1. The summed E-state index contributed by atoms with van der Waals surface area (Å²) in [7, 11) is 0. The number of hydrogen-bond acceptors (Lipinski definition) is 2. The third-order valence-electron chi connectivity index (χ3n) is 2.15. The molecule has 0 aliphatic rings. The second kappa shape index (κ2) is 3.17. The van der Waals surface area contributed by atoms with Crippen LogP contribution in [-0.4, -0.2) is 14.7 Å². The van der Waals surface area contributed by atoms with Crippen molar-refractivity contribution in [2.75, 3.05) is 0 Å². The molecule has 74 valence electrons. The van der Waals surface area contributed by atoms with Gasteiger partial charge in [-0.3, -0.25) is 0 Å². The van der Waals surface area contributed by atoms with E-state index in [1.54, 1.807) is 18.2 Å². The van der Waals surface area contributed by atoms with Crippen molar-refractivity contribution < 1.29 is 5.11 Å². The maximum absolute atomic E-state index is 9.36.